The molecule has 2 unspecified atom stereocenters. The summed E-state index contributed by atoms with van der Waals surface area (Å²) in [7, 11) is 1.90. The van der Waals surface area contributed by atoms with E-state index in [9.17, 15) is 20.1 Å². The molecule has 1 aromatic carbocycles. The van der Waals surface area contributed by atoms with Crippen LogP contribution in [0.4, 0.5) is 0 Å². The van der Waals surface area contributed by atoms with Gasteiger partial charge in [-0.25, -0.2) is 0 Å². The molecule has 1 saturated carbocycles. The van der Waals surface area contributed by atoms with Crippen molar-refractivity contribution in [2.75, 3.05) is 13.6 Å². The Kier molecular flexibility index (Phi) is 3.12. The number of phenolic OH excluding ortho intramolecular Hbond substituents is 1. The number of fused-ring (bicyclic) bond motifs is 1. The second kappa shape index (κ2) is 4.71. The molecule has 0 bridgehead atoms. The number of hydrogen-bond acceptors (Lipinski definition) is 6. The summed E-state index contributed by atoms with van der Waals surface area (Å²) in [5, 5.41) is 32.7. The van der Waals surface area contributed by atoms with Crippen molar-refractivity contribution in [3.05, 3.63) is 23.3 Å². The summed E-state index contributed by atoms with van der Waals surface area (Å²) in [5.74, 6) is 0.0205. The zero-order valence-electron chi connectivity index (χ0n) is 14.1. The number of carbonyl (C=O) groups is 1. The highest BCUT2D eigenvalue weighted by atomic mass is 16.5. The molecule has 24 heavy (non-hydrogen) atoms. The average Bonchev–Trinajstić information content (AvgIpc) is 2.90. The topological polar surface area (TPSA) is 90.2 Å². The first-order valence-corrected chi connectivity index (χ1v) is 8.38. The lowest BCUT2D eigenvalue weighted by molar-refractivity contribution is -0.219. The quantitative estimate of drug-likeness (QED) is 0.640. The Hall–Kier alpha value is -1.63. The minimum Gasteiger partial charge on any atom is -0.504 e. The summed E-state index contributed by atoms with van der Waals surface area (Å²) in [6.07, 6.45) is -1.70. The van der Waals surface area contributed by atoms with Crippen LogP contribution in [-0.2, 0) is 10.2 Å². The molecule has 6 nitrogen and oxygen atoms in total. The average molecular weight is 333 g/mol. The van der Waals surface area contributed by atoms with Crippen LogP contribution >= 0.6 is 0 Å². The fourth-order valence-electron chi connectivity index (χ4n) is 5.18. The first-order valence-electron chi connectivity index (χ1n) is 8.38. The summed E-state index contributed by atoms with van der Waals surface area (Å²) in [4.78, 5) is 14.7. The first-order chi connectivity index (χ1) is 11.2. The molecule has 0 amide bonds. The van der Waals surface area contributed by atoms with Crippen molar-refractivity contribution in [1.82, 2.24) is 4.90 Å². The summed E-state index contributed by atoms with van der Waals surface area (Å²) in [6, 6.07) is 2.96. The molecule has 6 heteroatoms. The van der Waals surface area contributed by atoms with Crippen LogP contribution in [0.15, 0.2) is 12.1 Å². The van der Waals surface area contributed by atoms with Gasteiger partial charge in [-0.1, -0.05) is 6.07 Å². The summed E-state index contributed by atoms with van der Waals surface area (Å²) >= 11 is 0. The summed E-state index contributed by atoms with van der Waals surface area (Å²) in [5.41, 5.74) is -1.04. The molecule has 0 radical (unpaired) electrons. The monoisotopic (exact) mass is 333 g/mol. The van der Waals surface area contributed by atoms with Gasteiger partial charge in [0.25, 0.3) is 0 Å². The number of likely N-dealkylation sites (N-methyl/N-ethyl adjacent to an activating group) is 1. The van der Waals surface area contributed by atoms with Crippen molar-refractivity contribution in [1.29, 1.82) is 0 Å². The Labute approximate surface area is 140 Å². The molecule has 1 saturated heterocycles. The van der Waals surface area contributed by atoms with E-state index in [-0.39, 0.29) is 29.7 Å². The lowest BCUT2D eigenvalue weighted by Crippen LogP contribution is -2.78. The van der Waals surface area contributed by atoms with E-state index in [1.165, 1.54) is 0 Å². The number of phenols is 1. The SMILES string of the molecule is Cc1ccc(O)c2c1[C@]13CCN(C)[C@H](C)[C@]1(O)C(O)CC(=O)C3O2. The van der Waals surface area contributed by atoms with Crippen LogP contribution < -0.4 is 4.74 Å². The molecule has 1 spiro atoms. The highest BCUT2D eigenvalue weighted by Gasteiger charge is 2.73. The van der Waals surface area contributed by atoms with Crippen molar-refractivity contribution in [3.8, 4) is 11.5 Å². The van der Waals surface area contributed by atoms with Crippen LogP contribution in [-0.4, -0.2) is 63.4 Å². The molecule has 2 aliphatic heterocycles. The molecule has 1 aliphatic carbocycles. The smallest absolute Gasteiger partial charge is 0.177 e. The van der Waals surface area contributed by atoms with Crippen molar-refractivity contribution >= 4 is 5.78 Å². The molecule has 2 fully saturated rings. The molecule has 1 aromatic rings. The van der Waals surface area contributed by atoms with Gasteiger partial charge in [0, 0.05) is 18.0 Å². The minimum absolute atomic E-state index is 0.0319. The van der Waals surface area contributed by atoms with Crippen molar-refractivity contribution < 1.29 is 24.9 Å². The van der Waals surface area contributed by atoms with Crippen LogP contribution in [0, 0.1) is 6.92 Å². The molecular formula is C18H23NO5. The van der Waals surface area contributed by atoms with Gasteiger partial charge in [0.15, 0.2) is 23.4 Å². The number of rotatable bonds is 0. The molecule has 4 rings (SSSR count). The lowest BCUT2D eigenvalue weighted by atomic mass is 9.51. The molecular weight excluding hydrogens is 310 g/mol. The van der Waals surface area contributed by atoms with E-state index in [0.29, 0.717) is 18.5 Å². The number of aryl methyl sites for hydroxylation is 1. The van der Waals surface area contributed by atoms with Gasteiger partial charge in [-0.05, 0) is 45.5 Å². The number of piperidine rings is 1. The maximum Gasteiger partial charge on any atom is 0.177 e. The predicted molar refractivity (Wildman–Crippen MR) is 86.2 cm³/mol. The van der Waals surface area contributed by atoms with Gasteiger partial charge in [0.2, 0.25) is 0 Å². The van der Waals surface area contributed by atoms with Gasteiger partial charge in [-0.15, -0.1) is 0 Å². The standard InChI is InChI=1S/C18H23NO5/c1-9-4-5-11(20)15-14(9)17-6-7-19(3)10(2)18(17,23)13(22)8-12(21)16(17)24-15/h4-5,10,13,16,20,22-23H,6-8H2,1-3H3/t10-,13?,16?,17+,18+/m1/s1. The van der Waals surface area contributed by atoms with Gasteiger partial charge in [-0.3, -0.25) is 4.79 Å². The first kappa shape index (κ1) is 15.9. The van der Waals surface area contributed by atoms with E-state index in [1.807, 2.05) is 25.8 Å². The molecule has 130 valence electrons. The fourth-order valence-corrected chi connectivity index (χ4v) is 5.18. The Morgan fingerprint density at radius 1 is 1.38 bits per heavy atom. The second-order valence-corrected chi connectivity index (χ2v) is 7.49. The number of nitrogens with zero attached hydrogens (tertiary/aromatic N) is 1. The largest absolute Gasteiger partial charge is 0.504 e. The number of aliphatic hydroxyl groups excluding tert-OH is 1. The molecule has 5 atom stereocenters. The van der Waals surface area contributed by atoms with Gasteiger partial charge < -0.3 is 25.0 Å². The van der Waals surface area contributed by atoms with E-state index in [1.54, 1.807) is 12.1 Å². The predicted octanol–water partition coefficient (Wildman–Crippen LogP) is 0.488. The number of aromatic hydroxyl groups is 1. The fraction of sp³-hybridized carbons (Fsp3) is 0.611. The van der Waals surface area contributed by atoms with E-state index in [0.717, 1.165) is 5.56 Å². The minimum atomic E-state index is -1.53. The molecule has 3 N–H and O–H groups in total. The maximum absolute atomic E-state index is 12.7. The van der Waals surface area contributed by atoms with Crippen molar-refractivity contribution in [3.63, 3.8) is 0 Å². The zero-order valence-corrected chi connectivity index (χ0v) is 14.1. The third-order valence-electron chi connectivity index (χ3n) is 6.54. The maximum atomic E-state index is 12.7. The third kappa shape index (κ3) is 1.54. The zero-order chi connectivity index (χ0) is 17.4. The Morgan fingerprint density at radius 3 is 2.79 bits per heavy atom. The van der Waals surface area contributed by atoms with Crippen molar-refractivity contribution in [2.24, 2.45) is 0 Å². The van der Waals surface area contributed by atoms with Gasteiger partial charge >= 0.3 is 0 Å². The lowest BCUT2D eigenvalue weighted by Gasteiger charge is -2.60. The number of Topliss-reactive ketones (excluding diaryl/α,β-unsaturated/α-hetero) is 1. The van der Waals surface area contributed by atoms with Crippen molar-refractivity contribution in [2.45, 2.75) is 56.0 Å². The van der Waals surface area contributed by atoms with Crippen LogP contribution in [0.3, 0.4) is 0 Å². The number of ether oxygens (including phenoxy) is 1. The Balaban J connectivity index is 2.05. The van der Waals surface area contributed by atoms with E-state index in [4.69, 9.17) is 4.74 Å². The molecule has 2 heterocycles. The number of aliphatic hydroxyl groups is 2. The van der Waals surface area contributed by atoms with Gasteiger partial charge in [0.1, 0.15) is 5.60 Å². The summed E-state index contributed by atoms with van der Waals surface area (Å²) in [6.45, 7) is 4.42. The van der Waals surface area contributed by atoms with Crippen LogP contribution in [0.5, 0.6) is 11.5 Å². The number of ketones is 1. The van der Waals surface area contributed by atoms with Gasteiger partial charge in [-0.2, -0.15) is 0 Å². The van der Waals surface area contributed by atoms with Crippen LogP contribution in [0.2, 0.25) is 0 Å². The third-order valence-corrected chi connectivity index (χ3v) is 6.54. The summed E-state index contributed by atoms with van der Waals surface area (Å²) < 4.78 is 5.90. The number of hydrogen-bond donors (Lipinski definition) is 3. The van der Waals surface area contributed by atoms with E-state index in [2.05, 4.69) is 0 Å². The Morgan fingerprint density at radius 2 is 2.08 bits per heavy atom. The highest BCUT2D eigenvalue weighted by Crippen LogP contribution is 2.61. The van der Waals surface area contributed by atoms with Crippen LogP contribution in [0.1, 0.15) is 30.9 Å². The Bertz CT molecular complexity index is 734. The van der Waals surface area contributed by atoms with E-state index >= 15 is 0 Å². The number of benzene rings is 1. The highest BCUT2D eigenvalue weighted by molar-refractivity contribution is 5.90. The number of carbonyl (C=O) groups excluding carboxylic acids is 1. The van der Waals surface area contributed by atoms with Crippen LogP contribution in [0.25, 0.3) is 0 Å². The normalized spacial score (nSPS) is 41.4. The van der Waals surface area contributed by atoms with Gasteiger partial charge in [0.05, 0.1) is 11.5 Å². The second-order valence-electron chi connectivity index (χ2n) is 7.49. The molecule has 0 aromatic heterocycles. The molecule has 3 aliphatic rings. The number of likely N-dealkylation sites (tertiary alicyclic amines) is 1. The van der Waals surface area contributed by atoms with E-state index < -0.39 is 23.2 Å².